The summed E-state index contributed by atoms with van der Waals surface area (Å²) in [7, 11) is 0. The van der Waals surface area contributed by atoms with E-state index in [1.54, 1.807) is 19.1 Å². The van der Waals surface area contributed by atoms with Crippen LogP contribution >= 0.6 is 0 Å². The predicted octanol–water partition coefficient (Wildman–Crippen LogP) is 3.61. The molecule has 0 atom stereocenters. The Morgan fingerprint density at radius 3 is 2.00 bits per heavy atom. The number of hydrogen-bond donors (Lipinski definition) is 1. The second-order valence-corrected chi connectivity index (χ2v) is 1.93. The summed E-state index contributed by atoms with van der Waals surface area (Å²) in [6, 6.07) is 0. The summed E-state index contributed by atoms with van der Waals surface area (Å²) in [6.45, 7) is 11.1. The van der Waals surface area contributed by atoms with Gasteiger partial charge in [0.25, 0.3) is 0 Å². The van der Waals surface area contributed by atoms with Crippen molar-refractivity contribution in [2.75, 3.05) is 0 Å². The molecule has 0 aliphatic heterocycles. The molecule has 1 nitrogen and oxygen atoms in total. The second kappa shape index (κ2) is 9.02. The lowest BCUT2D eigenvalue weighted by molar-refractivity contribution is 0.414. The van der Waals surface area contributed by atoms with Gasteiger partial charge < -0.3 is 5.11 Å². The van der Waals surface area contributed by atoms with Gasteiger partial charge in [-0.3, -0.25) is 0 Å². The van der Waals surface area contributed by atoms with Gasteiger partial charge in [0.2, 0.25) is 0 Å². The quantitative estimate of drug-likeness (QED) is 0.476. The van der Waals surface area contributed by atoms with Crippen molar-refractivity contribution in [2.45, 2.75) is 27.7 Å². The minimum absolute atomic E-state index is 0.325. The summed E-state index contributed by atoms with van der Waals surface area (Å²) in [5, 5.41) is 8.74. The molecule has 0 spiro atoms. The van der Waals surface area contributed by atoms with E-state index in [1.165, 1.54) is 0 Å². The van der Waals surface area contributed by atoms with E-state index in [-0.39, 0.29) is 0 Å². The molecule has 0 aromatic heterocycles. The van der Waals surface area contributed by atoms with E-state index in [4.69, 9.17) is 5.11 Å². The van der Waals surface area contributed by atoms with E-state index >= 15 is 0 Å². The van der Waals surface area contributed by atoms with E-state index < -0.39 is 0 Å². The Kier molecular flexibility index (Phi) is 10.4. The molecule has 0 aliphatic carbocycles. The number of rotatable bonds is 2. The molecule has 11 heavy (non-hydrogen) atoms. The number of hydrogen-bond acceptors (Lipinski definition) is 1. The van der Waals surface area contributed by atoms with Crippen LogP contribution in [0.15, 0.2) is 36.1 Å². The highest BCUT2D eigenvalue weighted by molar-refractivity contribution is 5.21. The Bertz CT molecular complexity index is 148. The van der Waals surface area contributed by atoms with Crippen LogP contribution < -0.4 is 0 Å². The van der Waals surface area contributed by atoms with Crippen LogP contribution in [0.1, 0.15) is 27.7 Å². The summed E-state index contributed by atoms with van der Waals surface area (Å²) in [5.41, 5.74) is 1.00. The lowest BCUT2D eigenvalue weighted by Crippen LogP contribution is -1.71. The molecule has 0 amide bonds. The fourth-order valence-electron chi connectivity index (χ4n) is 0.563. The fourth-order valence-corrected chi connectivity index (χ4v) is 0.563. The summed E-state index contributed by atoms with van der Waals surface area (Å²) in [5.74, 6) is 0.325. The van der Waals surface area contributed by atoms with Gasteiger partial charge in [-0.1, -0.05) is 32.6 Å². The van der Waals surface area contributed by atoms with Crippen molar-refractivity contribution in [3.05, 3.63) is 36.1 Å². The van der Waals surface area contributed by atoms with Crippen LogP contribution in [0.4, 0.5) is 0 Å². The van der Waals surface area contributed by atoms with Gasteiger partial charge in [-0.2, -0.15) is 0 Å². The lowest BCUT2D eigenvalue weighted by Gasteiger charge is -1.88. The van der Waals surface area contributed by atoms with Gasteiger partial charge in [-0.05, 0) is 25.5 Å². The molecule has 0 fully saturated rings. The summed E-state index contributed by atoms with van der Waals surface area (Å²) < 4.78 is 0. The predicted molar refractivity (Wildman–Crippen MR) is 51.7 cm³/mol. The third-order valence-corrected chi connectivity index (χ3v) is 0.817. The van der Waals surface area contributed by atoms with E-state index in [9.17, 15) is 0 Å². The monoisotopic (exact) mass is 154 g/mol. The Morgan fingerprint density at radius 1 is 1.27 bits per heavy atom. The van der Waals surface area contributed by atoms with Gasteiger partial charge in [-0.15, -0.1) is 0 Å². The standard InChI is InChI=1S/C8H12O.C2H6/c1-4-5-7(2)6-8(3)9;1-2/h4-6,9H,1H2,2-3H3;1-2H3/b7-5-,8-6+;. The van der Waals surface area contributed by atoms with E-state index in [0.29, 0.717) is 5.76 Å². The highest BCUT2D eigenvalue weighted by Gasteiger charge is 1.80. The average molecular weight is 154 g/mol. The third kappa shape index (κ3) is 12.3. The zero-order valence-corrected chi connectivity index (χ0v) is 7.89. The van der Waals surface area contributed by atoms with Crippen LogP contribution in [0, 0.1) is 0 Å². The van der Waals surface area contributed by atoms with Crippen molar-refractivity contribution in [1.29, 1.82) is 0 Å². The smallest absolute Gasteiger partial charge is 0.0894 e. The highest BCUT2D eigenvalue weighted by Crippen LogP contribution is 1.97. The van der Waals surface area contributed by atoms with Crippen molar-refractivity contribution in [3.63, 3.8) is 0 Å². The van der Waals surface area contributed by atoms with Crippen molar-refractivity contribution in [3.8, 4) is 0 Å². The lowest BCUT2D eigenvalue weighted by atomic mass is 10.2. The summed E-state index contributed by atoms with van der Waals surface area (Å²) in [6.07, 6.45) is 5.20. The summed E-state index contributed by atoms with van der Waals surface area (Å²) >= 11 is 0. The maximum Gasteiger partial charge on any atom is 0.0894 e. The van der Waals surface area contributed by atoms with E-state index in [2.05, 4.69) is 6.58 Å². The van der Waals surface area contributed by atoms with Gasteiger partial charge in [0.1, 0.15) is 0 Å². The molecule has 0 rings (SSSR count). The van der Waals surface area contributed by atoms with Crippen molar-refractivity contribution < 1.29 is 5.11 Å². The largest absolute Gasteiger partial charge is 0.513 e. The molecule has 0 heterocycles. The molecule has 0 saturated carbocycles. The molecular weight excluding hydrogens is 136 g/mol. The van der Waals surface area contributed by atoms with E-state index in [0.717, 1.165) is 5.57 Å². The third-order valence-electron chi connectivity index (χ3n) is 0.817. The average Bonchev–Trinajstić information content (AvgIpc) is 1.91. The van der Waals surface area contributed by atoms with Gasteiger partial charge in [0.05, 0.1) is 5.76 Å². The molecule has 64 valence electrons. The zero-order valence-electron chi connectivity index (χ0n) is 7.89. The first-order valence-electron chi connectivity index (χ1n) is 3.83. The Balaban J connectivity index is 0. The molecule has 0 radical (unpaired) electrons. The first-order chi connectivity index (χ1) is 5.16. The van der Waals surface area contributed by atoms with Gasteiger partial charge in [-0.25, -0.2) is 0 Å². The molecule has 1 N–H and O–H groups in total. The Morgan fingerprint density at radius 2 is 1.73 bits per heavy atom. The first-order valence-corrected chi connectivity index (χ1v) is 3.83. The van der Waals surface area contributed by atoms with Gasteiger partial charge in [0.15, 0.2) is 0 Å². The maximum atomic E-state index is 8.74. The molecule has 1 heteroatoms. The fraction of sp³-hybridized carbons (Fsp3) is 0.400. The molecule has 0 aliphatic rings. The van der Waals surface area contributed by atoms with Gasteiger partial charge >= 0.3 is 0 Å². The minimum atomic E-state index is 0.325. The van der Waals surface area contributed by atoms with Crippen LogP contribution in [0.3, 0.4) is 0 Å². The Labute approximate surface area is 69.8 Å². The molecule has 0 aromatic rings. The van der Waals surface area contributed by atoms with Gasteiger partial charge in [0, 0.05) is 0 Å². The van der Waals surface area contributed by atoms with Crippen LogP contribution in [0.2, 0.25) is 0 Å². The molecular formula is C10H18O. The molecule has 0 saturated heterocycles. The molecule has 0 aromatic carbocycles. The normalized spacial score (nSPS) is 11.6. The van der Waals surface area contributed by atoms with Crippen molar-refractivity contribution >= 4 is 0 Å². The SMILES string of the molecule is C=C/C=C(C)\C=C(/C)O.CC. The van der Waals surface area contributed by atoms with Crippen molar-refractivity contribution in [1.82, 2.24) is 0 Å². The van der Waals surface area contributed by atoms with Crippen LogP contribution in [-0.4, -0.2) is 5.11 Å². The minimum Gasteiger partial charge on any atom is -0.513 e. The highest BCUT2D eigenvalue weighted by atomic mass is 16.3. The maximum absolute atomic E-state index is 8.74. The zero-order chi connectivity index (χ0) is 9.28. The number of aliphatic hydroxyl groups is 1. The Hall–Kier alpha value is -0.980. The van der Waals surface area contributed by atoms with Crippen LogP contribution in [0.5, 0.6) is 0 Å². The van der Waals surface area contributed by atoms with Crippen molar-refractivity contribution in [2.24, 2.45) is 0 Å². The number of allylic oxidation sites excluding steroid dienone is 5. The van der Waals surface area contributed by atoms with Crippen LogP contribution in [0.25, 0.3) is 0 Å². The van der Waals surface area contributed by atoms with E-state index in [1.807, 2.05) is 26.8 Å². The number of aliphatic hydroxyl groups excluding tert-OH is 1. The topological polar surface area (TPSA) is 20.2 Å². The molecule has 0 bridgehead atoms. The van der Waals surface area contributed by atoms with Crippen LogP contribution in [-0.2, 0) is 0 Å². The first kappa shape index (κ1) is 12.7. The second-order valence-electron chi connectivity index (χ2n) is 1.93. The summed E-state index contributed by atoms with van der Waals surface area (Å²) in [4.78, 5) is 0. The molecule has 0 unspecified atom stereocenters.